The van der Waals surface area contributed by atoms with Gasteiger partial charge in [-0.05, 0) is 56.6 Å². The second-order valence-corrected chi connectivity index (χ2v) is 8.25. The van der Waals surface area contributed by atoms with Crippen LogP contribution in [0.5, 0.6) is 0 Å². The number of benzene rings is 2. The average Bonchev–Trinajstić information content (AvgIpc) is 2.65. The number of nitrogens with one attached hydrogen (secondary N) is 1. The summed E-state index contributed by atoms with van der Waals surface area (Å²) >= 11 is 12.7. The number of rotatable bonds is 5. The molecule has 0 aromatic heterocycles. The van der Waals surface area contributed by atoms with Crippen molar-refractivity contribution in [3.63, 3.8) is 0 Å². The smallest absolute Gasteiger partial charge is 0.253 e. The zero-order valence-electron chi connectivity index (χ0n) is 16.2. The molecule has 2 aromatic rings. The highest BCUT2D eigenvalue weighted by molar-refractivity contribution is 6.33. The van der Waals surface area contributed by atoms with E-state index in [1.807, 2.05) is 30.3 Å². The maximum absolute atomic E-state index is 12.8. The van der Waals surface area contributed by atoms with Gasteiger partial charge in [0.1, 0.15) is 0 Å². The van der Waals surface area contributed by atoms with Crippen molar-refractivity contribution in [1.82, 2.24) is 10.2 Å². The van der Waals surface area contributed by atoms with Gasteiger partial charge in [-0.2, -0.15) is 0 Å². The predicted octanol–water partition coefficient (Wildman–Crippen LogP) is 6.01. The second-order valence-electron chi connectivity index (χ2n) is 7.44. The molecular weight excluding hydrogens is 415 g/mol. The van der Waals surface area contributed by atoms with Crippen LogP contribution in [0.1, 0.15) is 47.6 Å². The summed E-state index contributed by atoms with van der Waals surface area (Å²) in [6.07, 6.45) is 4.31. The lowest BCUT2D eigenvalue weighted by Crippen LogP contribution is -2.47. The fraction of sp³-hybridized carbons (Fsp3) is 0.409. The van der Waals surface area contributed by atoms with Crippen molar-refractivity contribution in [1.29, 1.82) is 0 Å². The number of nitrogens with zero attached hydrogens (tertiary/aromatic N) is 1. The monoisotopic (exact) mass is 440 g/mol. The Morgan fingerprint density at radius 3 is 2.25 bits per heavy atom. The molecule has 0 bridgehead atoms. The Labute approximate surface area is 183 Å². The Balaban J connectivity index is 0.00000280. The van der Waals surface area contributed by atoms with Crippen molar-refractivity contribution >= 4 is 41.5 Å². The van der Waals surface area contributed by atoms with Crippen LogP contribution >= 0.6 is 35.6 Å². The van der Waals surface area contributed by atoms with E-state index in [0.717, 1.165) is 36.3 Å². The SMILES string of the molecule is CN(C)C(c1ccccc1Cl)C1CCCCC1NC(=O)c1ccccc1Cl.Cl. The number of carbonyl (C=O) groups is 1. The molecule has 1 aliphatic carbocycles. The minimum absolute atomic E-state index is 0. The van der Waals surface area contributed by atoms with Crippen molar-refractivity contribution in [3.8, 4) is 0 Å². The molecule has 0 radical (unpaired) electrons. The van der Waals surface area contributed by atoms with Crippen molar-refractivity contribution in [2.45, 2.75) is 37.8 Å². The Kier molecular flexibility index (Phi) is 8.63. The molecule has 3 unspecified atom stereocenters. The van der Waals surface area contributed by atoms with Crippen LogP contribution < -0.4 is 5.32 Å². The number of hydrogen-bond donors (Lipinski definition) is 1. The number of amides is 1. The number of carbonyl (C=O) groups excluding carboxylic acids is 1. The average molecular weight is 442 g/mol. The minimum atomic E-state index is -0.103. The molecule has 3 nitrogen and oxygen atoms in total. The lowest BCUT2D eigenvalue weighted by molar-refractivity contribution is 0.0846. The van der Waals surface area contributed by atoms with Crippen molar-refractivity contribution in [3.05, 3.63) is 69.7 Å². The predicted molar refractivity (Wildman–Crippen MR) is 120 cm³/mol. The van der Waals surface area contributed by atoms with Crippen LogP contribution in [0.3, 0.4) is 0 Å². The first-order chi connectivity index (χ1) is 13.0. The van der Waals surface area contributed by atoms with Gasteiger partial charge in [0.05, 0.1) is 10.6 Å². The van der Waals surface area contributed by atoms with Crippen molar-refractivity contribution < 1.29 is 4.79 Å². The molecular formula is C22H27Cl3N2O. The molecule has 28 heavy (non-hydrogen) atoms. The zero-order chi connectivity index (χ0) is 19.4. The maximum atomic E-state index is 12.8. The molecule has 0 aliphatic heterocycles. The third kappa shape index (κ3) is 5.21. The molecule has 3 rings (SSSR count). The highest BCUT2D eigenvalue weighted by Gasteiger charge is 2.36. The van der Waals surface area contributed by atoms with E-state index in [2.05, 4.69) is 30.4 Å². The molecule has 0 saturated heterocycles. The third-order valence-corrected chi connectivity index (χ3v) is 6.11. The standard InChI is InChI=1S/C22H26Cl2N2O.ClH/c1-26(2)21(15-9-3-6-12-18(15)23)17-11-5-8-14-20(17)25-22(27)16-10-4-7-13-19(16)24;/h3-4,6-7,9-10,12-13,17,20-21H,5,8,11,14H2,1-2H3,(H,25,27);1H. The van der Waals surface area contributed by atoms with Gasteiger partial charge in [-0.3, -0.25) is 4.79 Å². The molecule has 1 aliphatic rings. The summed E-state index contributed by atoms with van der Waals surface area (Å²) in [7, 11) is 4.16. The van der Waals surface area contributed by atoms with E-state index in [-0.39, 0.29) is 30.4 Å². The molecule has 1 fully saturated rings. The van der Waals surface area contributed by atoms with Crippen molar-refractivity contribution in [2.75, 3.05) is 14.1 Å². The quantitative estimate of drug-likeness (QED) is 0.616. The van der Waals surface area contributed by atoms with E-state index >= 15 is 0 Å². The maximum Gasteiger partial charge on any atom is 0.253 e. The lowest BCUT2D eigenvalue weighted by atomic mass is 9.77. The largest absolute Gasteiger partial charge is 0.349 e. The lowest BCUT2D eigenvalue weighted by Gasteiger charge is -2.41. The van der Waals surface area contributed by atoms with E-state index in [1.165, 1.54) is 0 Å². The Morgan fingerprint density at radius 1 is 1.00 bits per heavy atom. The topological polar surface area (TPSA) is 32.3 Å². The summed E-state index contributed by atoms with van der Waals surface area (Å²) in [5.74, 6) is 0.189. The molecule has 6 heteroatoms. The number of halogens is 3. The van der Waals surface area contributed by atoms with Crippen LogP contribution in [-0.2, 0) is 0 Å². The van der Waals surface area contributed by atoms with Crippen molar-refractivity contribution in [2.24, 2.45) is 5.92 Å². The second kappa shape index (κ2) is 10.5. The van der Waals surface area contributed by atoms with Gasteiger partial charge in [0.2, 0.25) is 0 Å². The summed E-state index contributed by atoms with van der Waals surface area (Å²) in [6.45, 7) is 0. The van der Waals surface area contributed by atoms with Gasteiger partial charge < -0.3 is 10.2 Å². The molecule has 0 heterocycles. The Bertz CT molecular complexity index is 797. The molecule has 1 saturated carbocycles. The molecule has 3 atom stereocenters. The molecule has 1 amide bonds. The Morgan fingerprint density at radius 2 is 1.61 bits per heavy atom. The van der Waals surface area contributed by atoms with Crippen LogP contribution in [0, 0.1) is 5.92 Å². The summed E-state index contributed by atoms with van der Waals surface area (Å²) in [5, 5.41) is 4.52. The summed E-state index contributed by atoms with van der Waals surface area (Å²) in [6, 6.07) is 15.4. The van der Waals surface area contributed by atoms with E-state index in [9.17, 15) is 4.79 Å². The van der Waals surface area contributed by atoms with Gasteiger partial charge in [0.25, 0.3) is 5.91 Å². The Hall–Kier alpha value is -1.26. The minimum Gasteiger partial charge on any atom is -0.349 e. The van der Waals surface area contributed by atoms with Crippen LogP contribution in [0.4, 0.5) is 0 Å². The number of hydrogen-bond acceptors (Lipinski definition) is 2. The first-order valence-electron chi connectivity index (χ1n) is 9.45. The zero-order valence-corrected chi connectivity index (χ0v) is 18.5. The normalized spacial score (nSPS) is 20.3. The van der Waals surface area contributed by atoms with E-state index < -0.39 is 0 Å². The van der Waals surface area contributed by atoms with Gasteiger partial charge >= 0.3 is 0 Å². The molecule has 152 valence electrons. The van der Waals surface area contributed by atoms with Gasteiger partial charge in [-0.15, -0.1) is 12.4 Å². The fourth-order valence-electron chi connectivity index (χ4n) is 4.21. The van der Waals surface area contributed by atoms with Gasteiger partial charge in [-0.25, -0.2) is 0 Å². The summed E-state index contributed by atoms with van der Waals surface area (Å²) in [4.78, 5) is 15.1. The highest BCUT2D eigenvalue weighted by Crippen LogP contribution is 2.40. The van der Waals surface area contributed by atoms with Crippen LogP contribution in [0.25, 0.3) is 0 Å². The highest BCUT2D eigenvalue weighted by atomic mass is 35.5. The molecule has 2 aromatic carbocycles. The van der Waals surface area contributed by atoms with Crippen LogP contribution in [0.2, 0.25) is 10.0 Å². The van der Waals surface area contributed by atoms with E-state index in [4.69, 9.17) is 23.2 Å². The van der Waals surface area contributed by atoms with Crippen LogP contribution in [-0.4, -0.2) is 30.9 Å². The van der Waals surface area contributed by atoms with E-state index in [0.29, 0.717) is 16.5 Å². The van der Waals surface area contributed by atoms with E-state index in [1.54, 1.807) is 12.1 Å². The fourth-order valence-corrected chi connectivity index (χ4v) is 4.68. The molecule has 1 N–H and O–H groups in total. The third-order valence-electron chi connectivity index (χ3n) is 5.44. The molecule has 0 spiro atoms. The van der Waals surface area contributed by atoms with Gasteiger partial charge in [-0.1, -0.05) is 66.4 Å². The first-order valence-corrected chi connectivity index (χ1v) is 10.2. The van der Waals surface area contributed by atoms with Gasteiger partial charge in [0, 0.05) is 17.1 Å². The summed E-state index contributed by atoms with van der Waals surface area (Å²) in [5.41, 5.74) is 1.65. The summed E-state index contributed by atoms with van der Waals surface area (Å²) < 4.78 is 0. The van der Waals surface area contributed by atoms with Crippen LogP contribution in [0.15, 0.2) is 48.5 Å². The van der Waals surface area contributed by atoms with Gasteiger partial charge in [0.15, 0.2) is 0 Å². The first kappa shape index (κ1) is 23.0.